The van der Waals surface area contributed by atoms with Gasteiger partial charge in [0, 0.05) is 6.54 Å². The lowest BCUT2D eigenvalue weighted by atomic mass is 10.2. The highest BCUT2D eigenvalue weighted by Gasteiger charge is 2.08. The number of ether oxygens (including phenoxy) is 2. The van der Waals surface area contributed by atoms with Crippen molar-refractivity contribution in [3.05, 3.63) is 53.1 Å². The summed E-state index contributed by atoms with van der Waals surface area (Å²) in [5.41, 5.74) is 1.11. The van der Waals surface area contributed by atoms with E-state index in [0.717, 1.165) is 12.1 Å². The fourth-order valence-electron chi connectivity index (χ4n) is 1.87. The molecule has 0 atom stereocenters. The molecule has 2 rings (SSSR count). The molecule has 106 valence electrons. The number of para-hydroxylation sites is 2. The maximum atomic E-state index is 6.25. The van der Waals surface area contributed by atoms with Gasteiger partial charge in [-0.3, -0.25) is 0 Å². The minimum absolute atomic E-state index is 0.587. The average Bonchev–Trinajstić information content (AvgIpc) is 2.44. The first kappa shape index (κ1) is 14.7. The van der Waals surface area contributed by atoms with Gasteiger partial charge in [-0.25, -0.2) is 0 Å². The predicted molar refractivity (Wildman–Crippen MR) is 81.9 cm³/mol. The Hall–Kier alpha value is -1.71. The predicted octanol–water partition coefficient (Wildman–Crippen LogP) is 4.25. The molecule has 1 N–H and O–H groups in total. The Morgan fingerprint density at radius 1 is 1.05 bits per heavy atom. The van der Waals surface area contributed by atoms with Crippen molar-refractivity contribution in [3.63, 3.8) is 0 Å². The molecule has 0 aliphatic heterocycles. The van der Waals surface area contributed by atoms with Gasteiger partial charge in [0.25, 0.3) is 0 Å². The summed E-state index contributed by atoms with van der Waals surface area (Å²) >= 11 is 6.25. The summed E-state index contributed by atoms with van der Waals surface area (Å²) < 4.78 is 11.4. The molecule has 0 saturated heterocycles. The van der Waals surface area contributed by atoms with Crippen LogP contribution in [0.3, 0.4) is 0 Å². The van der Waals surface area contributed by atoms with Gasteiger partial charge in [0.1, 0.15) is 5.75 Å². The molecular weight excluding hydrogens is 274 g/mol. The Morgan fingerprint density at radius 2 is 1.80 bits per heavy atom. The summed E-state index contributed by atoms with van der Waals surface area (Å²) in [5.74, 6) is 2.00. The van der Waals surface area contributed by atoms with Gasteiger partial charge in [0.2, 0.25) is 0 Å². The quantitative estimate of drug-likeness (QED) is 0.863. The van der Waals surface area contributed by atoms with E-state index in [1.54, 1.807) is 0 Å². The van der Waals surface area contributed by atoms with E-state index in [0.29, 0.717) is 28.9 Å². The second-order valence-electron chi connectivity index (χ2n) is 4.28. The van der Waals surface area contributed by atoms with Crippen molar-refractivity contribution in [2.45, 2.75) is 13.5 Å². The molecular formula is C16H18ClNO2. The zero-order valence-corrected chi connectivity index (χ0v) is 12.4. The molecule has 0 unspecified atom stereocenters. The lowest BCUT2D eigenvalue weighted by molar-refractivity contribution is 0.321. The average molecular weight is 292 g/mol. The van der Waals surface area contributed by atoms with Crippen LogP contribution in [0.1, 0.15) is 12.5 Å². The molecule has 2 aromatic carbocycles. The number of nitrogens with one attached hydrogen (secondary N) is 1. The van der Waals surface area contributed by atoms with Crippen LogP contribution in [0.4, 0.5) is 0 Å². The van der Waals surface area contributed by atoms with Crippen LogP contribution in [0, 0.1) is 0 Å². The number of benzene rings is 2. The first-order chi connectivity index (χ1) is 9.74. The monoisotopic (exact) mass is 291 g/mol. The molecule has 0 saturated carbocycles. The van der Waals surface area contributed by atoms with Gasteiger partial charge < -0.3 is 14.8 Å². The molecule has 0 bridgehead atoms. The number of rotatable bonds is 6. The van der Waals surface area contributed by atoms with Crippen molar-refractivity contribution in [2.24, 2.45) is 0 Å². The SMILES string of the molecule is CCOc1ccccc1Oc1ccc(CNC)cc1Cl. The first-order valence-corrected chi connectivity index (χ1v) is 6.95. The van der Waals surface area contributed by atoms with Gasteiger partial charge >= 0.3 is 0 Å². The third-order valence-corrected chi connectivity index (χ3v) is 3.04. The molecule has 0 aliphatic carbocycles. The molecule has 20 heavy (non-hydrogen) atoms. The second kappa shape index (κ2) is 7.17. The summed E-state index contributed by atoms with van der Waals surface area (Å²) in [6, 6.07) is 13.3. The number of hydrogen-bond donors (Lipinski definition) is 1. The van der Waals surface area contributed by atoms with E-state index < -0.39 is 0 Å². The van der Waals surface area contributed by atoms with Crippen LogP contribution in [0.25, 0.3) is 0 Å². The summed E-state index contributed by atoms with van der Waals surface area (Å²) in [5, 5.41) is 3.67. The highest BCUT2D eigenvalue weighted by Crippen LogP contribution is 2.35. The van der Waals surface area contributed by atoms with Gasteiger partial charge in [-0.15, -0.1) is 0 Å². The highest BCUT2D eigenvalue weighted by atomic mass is 35.5. The zero-order chi connectivity index (χ0) is 14.4. The second-order valence-corrected chi connectivity index (χ2v) is 4.68. The largest absolute Gasteiger partial charge is 0.490 e. The van der Waals surface area contributed by atoms with Crippen molar-refractivity contribution < 1.29 is 9.47 Å². The van der Waals surface area contributed by atoms with Gasteiger partial charge in [-0.1, -0.05) is 29.8 Å². The summed E-state index contributed by atoms with van der Waals surface area (Å²) in [7, 11) is 1.90. The van der Waals surface area contributed by atoms with E-state index in [1.165, 1.54) is 0 Å². The molecule has 0 heterocycles. The molecule has 0 aliphatic rings. The summed E-state index contributed by atoms with van der Waals surface area (Å²) in [4.78, 5) is 0. The lowest BCUT2D eigenvalue weighted by Gasteiger charge is -2.13. The Morgan fingerprint density at radius 3 is 2.45 bits per heavy atom. The van der Waals surface area contributed by atoms with Gasteiger partial charge in [-0.2, -0.15) is 0 Å². The molecule has 2 aromatic rings. The molecule has 0 amide bonds. The Labute approximate surface area is 124 Å². The Bertz CT molecular complexity index is 572. The van der Waals surface area contributed by atoms with E-state index in [1.807, 2.05) is 56.4 Å². The van der Waals surface area contributed by atoms with Crippen LogP contribution >= 0.6 is 11.6 Å². The van der Waals surface area contributed by atoms with Crippen LogP contribution in [0.2, 0.25) is 5.02 Å². The lowest BCUT2D eigenvalue weighted by Crippen LogP contribution is -2.04. The van der Waals surface area contributed by atoms with Crippen molar-refractivity contribution in [2.75, 3.05) is 13.7 Å². The van der Waals surface area contributed by atoms with Crippen molar-refractivity contribution >= 4 is 11.6 Å². The van der Waals surface area contributed by atoms with E-state index in [2.05, 4.69) is 5.32 Å². The fraction of sp³-hybridized carbons (Fsp3) is 0.250. The fourth-order valence-corrected chi connectivity index (χ4v) is 2.11. The van der Waals surface area contributed by atoms with Gasteiger partial charge in [0.05, 0.1) is 11.6 Å². The van der Waals surface area contributed by atoms with E-state index >= 15 is 0 Å². The van der Waals surface area contributed by atoms with Crippen LogP contribution in [-0.2, 0) is 6.54 Å². The maximum absolute atomic E-state index is 6.25. The molecule has 0 fully saturated rings. The Kier molecular flexibility index (Phi) is 5.27. The van der Waals surface area contributed by atoms with Crippen LogP contribution in [-0.4, -0.2) is 13.7 Å². The standard InChI is InChI=1S/C16H18ClNO2/c1-3-19-15-6-4-5-7-16(15)20-14-9-8-12(11-18-2)10-13(14)17/h4-10,18H,3,11H2,1-2H3. The van der Waals surface area contributed by atoms with Crippen LogP contribution in [0.15, 0.2) is 42.5 Å². The van der Waals surface area contributed by atoms with Crippen molar-refractivity contribution in [1.82, 2.24) is 5.32 Å². The molecule has 0 aromatic heterocycles. The van der Waals surface area contributed by atoms with Gasteiger partial charge in [-0.05, 0) is 43.8 Å². The number of halogens is 1. The molecule has 0 spiro atoms. The first-order valence-electron chi connectivity index (χ1n) is 6.57. The highest BCUT2D eigenvalue weighted by molar-refractivity contribution is 6.32. The molecule has 0 radical (unpaired) electrons. The minimum Gasteiger partial charge on any atom is -0.490 e. The van der Waals surface area contributed by atoms with E-state index in [9.17, 15) is 0 Å². The van der Waals surface area contributed by atoms with Crippen LogP contribution in [0.5, 0.6) is 17.2 Å². The Balaban J connectivity index is 2.21. The maximum Gasteiger partial charge on any atom is 0.169 e. The van der Waals surface area contributed by atoms with E-state index in [4.69, 9.17) is 21.1 Å². The number of hydrogen-bond acceptors (Lipinski definition) is 3. The smallest absolute Gasteiger partial charge is 0.169 e. The normalized spacial score (nSPS) is 10.3. The molecule has 4 heteroatoms. The molecule has 3 nitrogen and oxygen atoms in total. The third-order valence-electron chi connectivity index (χ3n) is 2.75. The van der Waals surface area contributed by atoms with E-state index in [-0.39, 0.29) is 0 Å². The van der Waals surface area contributed by atoms with Crippen molar-refractivity contribution in [3.8, 4) is 17.2 Å². The van der Waals surface area contributed by atoms with Gasteiger partial charge in [0.15, 0.2) is 11.5 Å². The minimum atomic E-state index is 0.587. The summed E-state index contributed by atoms with van der Waals surface area (Å²) in [6.07, 6.45) is 0. The van der Waals surface area contributed by atoms with Crippen molar-refractivity contribution in [1.29, 1.82) is 0 Å². The summed E-state index contributed by atoms with van der Waals surface area (Å²) in [6.45, 7) is 3.31. The van der Waals surface area contributed by atoms with Crippen LogP contribution < -0.4 is 14.8 Å². The third kappa shape index (κ3) is 3.65. The topological polar surface area (TPSA) is 30.5 Å². The zero-order valence-electron chi connectivity index (χ0n) is 11.7.